The van der Waals surface area contributed by atoms with E-state index < -0.39 is 0 Å². The van der Waals surface area contributed by atoms with Crippen LogP contribution in [0.15, 0.2) is 35.5 Å². The number of hydrogen-bond donors (Lipinski definition) is 0. The summed E-state index contributed by atoms with van der Waals surface area (Å²) in [5, 5.41) is 22.3. The third-order valence-corrected chi connectivity index (χ3v) is 4.90. The van der Waals surface area contributed by atoms with Crippen LogP contribution in [0.25, 0.3) is 5.69 Å². The first kappa shape index (κ1) is 13.1. The van der Waals surface area contributed by atoms with Crippen LogP contribution in [0.1, 0.15) is 25.7 Å². The fraction of sp³-hybridized carbons (Fsp3) is 0.429. The number of tetrazole rings is 1. The second kappa shape index (κ2) is 6.06. The van der Waals surface area contributed by atoms with Crippen molar-refractivity contribution < 1.29 is 0 Å². The van der Waals surface area contributed by atoms with E-state index >= 15 is 0 Å². The molecule has 20 heavy (non-hydrogen) atoms. The van der Waals surface area contributed by atoms with E-state index in [0.29, 0.717) is 5.25 Å². The fourth-order valence-corrected chi connectivity index (χ4v) is 3.75. The van der Waals surface area contributed by atoms with E-state index in [9.17, 15) is 5.26 Å². The average Bonchev–Trinajstić information content (AvgIpc) is 2.97. The van der Waals surface area contributed by atoms with Crippen LogP contribution in [0.3, 0.4) is 0 Å². The highest BCUT2D eigenvalue weighted by Gasteiger charge is 2.27. The van der Waals surface area contributed by atoms with Crippen LogP contribution < -0.4 is 0 Å². The molecule has 0 amide bonds. The highest BCUT2D eigenvalue weighted by atomic mass is 32.2. The predicted octanol–water partition coefficient (Wildman–Crippen LogP) is 2.84. The molecule has 2 unspecified atom stereocenters. The second-order valence-corrected chi connectivity index (χ2v) is 6.09. The Hall–Kier alpha value is -1.87. The molecule has 0 radical (unpaired) electrons. The number of aromatic nitrogens is 4. The molecule has 0 N–H and O–H groups in total. The van der Waals surface area contributed by atoms with Crippen molar-refractivity contribution in [1.29, 1.82) is 5.26 Å². The summed E-state index contributed by atoms with van der Waals surface area (Å²) in [7, 11) is 0. The Morgan fingerprint density at radius 3 is 2.80 bits per heavy atom. The summed E-state index contributed by atoms with van der Waals surface area (Å²) in [6.45, 7) is 0. The van der Waals surface area contributed by atoms with Crippen molar-refractivity contribution in [2.24, 2.45) is 5.92 Å². The number of nitrogens with zero attached hydrogens (tertiary/aromatic N) is 5. The smallest absolute Gasteiger partial charge is 0.198 e. The molecule has 0 bridgehead atoms. The Morgan fingerprint density at radius 1 is 1.20 bits per heavy atom. The molecule has 1 aromatic carbocycles. The van der Waals surface area contributed by atoms with Crippen molar-refractivity contribution in [1.82, 2.24) is 20.2 Å². The summed E-state index contributed by atoms with van der Waals surface area (Å²) in [6, 6.07) is 12.3. The minimum Gasteiger partial charge on any atom is -0.198 e. The Bertz CT molecular complexity index is 604. The molecule has 1 saturated carbocycles. The largest absolute Gasteiger partial charge is 0.214 e. The normalized spacial score (nSPS) is 22.4. The molecule has 2 aromatic rings. The Morgan fingerprint density at radius 2 is 2.00 bits per heavy atom. The Balaban J connectivity index is 1.82. The van der Waals surface area contributed by atoms with E-state index in [1.54, 1.807) is 16.4 Å². The molecule has 0 saturated heterocycles. The SMILES string of the molecule is N#CC1CCCCC1Sc1nnnn1-c1ccccc1. The minimum absolute atomic E-state index is 0.106. The summed E-state index contributed by atoms with van der Waals surface area (Å²) in [4.78, 5) is 0. The lowest BCUT2D eigenvalue weighted by Gasteiger charge is -2.25. The first-order valence-electron chi connectivity index (χ1n) is 6.78. The van der Waals surface area contributed by atoms with E-state index in [1.807, 2.05) is 30.3 Å². The van der Waals surface area contributed by atoms with Gasteiger partial charge in [0.15, 0.2) is 0 Å². The fourth-order valence-electron chi connectivity index (χ4n) is 2.50. The lowest BCUT2D eigenvalue weighted by Crippen LogP contribution is -2.21. The highest BCUT2D eigenvalue weighted by molar-refractivity contribution is 7.99. The van der Waals surface area contributed by atoms with E-state index in [4.69, 9.17) is 0 Å². The predicted molar refractivity (Wildman–Crippen MR) is 76.4 cm³/mol. The second-order valence-electron chi connectivity index (χ2n) is 4.89. The lowest BCUT2D eigenvalue weighted by molar-refractivity contribution is 0.438. The maximum absolute atomic E-state index is 9.25. The number of benzene rings is 1. The number of hydrogen-bond acceptors (Lipinski definition) is 5. The van der Waals surface area contributed by atoms with E-state index in [-0.39, 0.29) is 5.92 Å². The molecule has 6 heteroatoms. The molecule has 3 rings (SSSR count). The van der Waals surface area contributed by atoms with Crippen molar-refractivity contribution in [3.05, 3.63) is 30.3 Å². The van der Waals surface area contributed by atoms with Crippen LogP contribution >= 0.6 is 11.8 Å². The lowest BCUT2D eigenvalue weighted by atomic mass is 9.90. The van der Waals surface area contributed by atoms with Gasteiger partial charge in [0.1, 0.15) is 0 Å². The Labute approximate surface area is 122 Å². The van der Waals surface area contributed by atoms with Crippen molar-refractivity contribution in [3.63, 3.8) is 0 Å². The Kier molecular flexibility index (Phi) is 3.97. The summed E-state index contributed by atoms with van der Waals surface area (Å²) in [6.07, 6.45) is 4.38. The standard InChI is InChI=1S/C14H15N5S/c15-10-11-6-4-5-9-13(11)20-14-16-17-18-19(14)12-7-2-1-3-8-12/h1-3,7-8,11,13H,4-6,9H2. The summed E-state index contributed by atoms with van der Waals surface area (Å²) in [5.74, 6) is 0.106. The van der Waals surface area contributed by atoms with Crippen molar-refractivity contribution >= 4 is 11.8 Å². The summed E-state index contributed by atoms with van der Waals surface area (Å²) >= 11 is 1.63. The van der Waals surface area contributed by atoms with Crippen LogP contribution in [0.4, 0.5) is 0 Å². The van der Waals surface area contributed by atoms with Crippen LogP contribution in [0, 0.1) is 17.2 Å². The van der Waals surface area contributed by atoms with E-state index in [1.165, 1.54) is 6.42 Å². The molecule has 0 spiro atoms. The molecule has 5 nitrogen and oxygen atoms in total. The maximum Gasteiger partial charge on any atom is 0.214 e. The van der Waals surface area contributed by atoms with Crippen LogP contribution in [0.5, 0.6) is 0 Å². The van der Waals surface area contributed by atoms with Gasteiger partial charge < -0.3 is 0 Å². The van der Waals surface area contributed by atoms with E-state index in [0.717, 1.165) is 30.1 Å². The van der Waals surface area contributed by atoms with Crippen molar-refractivity contribution in [2.45, 2.75) is 36.1 Å². The highest BCUT2D eigenvalue weighted by Crippen LogP contribution is 2.36. The molecule has 0 aliphatic heterocycles. The van der Waals surface area contributed by atoms with Crippen molar-refractivity contribution in [3.8, 4) is 11.8 Å². The van der Waals surface area contributed by atoms with Gasteiger partial charge in [0, 0.05) is 5.25 Å². The van der Waals surface area contributed by atoms with Crippen LogP contribution in [-0.2, 0) is 0 Å². The van der Waals surface area contributed by atoms with Gasteiger partial charge in [-0.05, 0) is 35.4 Å². The van der Waals surface area contributed by atoms with Gasteiger partial charge in [-0.2, -0.15) is 9.94 Å². The molecule has 1 aliphatic rings. The molecular formula is C14H15N5S. The minimum atomic E-state index is 0.106. The molecule has 2 atom stereocenters. The zero-order chi connectivity index (χ0) is 13.8. The van der Waals surface area contributed by atoms with Crippen molar-refractivity contribution in [2.75, 3.05) is 0 Å². The topological polar surface area (TPSA) is 67.4 Å². The number of thioether (sulfide) groups is 1. The zero-order valence-corrected chi connectivity index (χ0v) is 11.8. The first-order valence-corrected chi connectivity index (χ1v) is 7.66. The van der Waals surface area contributed by atoms with Gasteiger partial charge in [0.25, 0.3) is 0 Å². The summed E-state index contributed by atoms with van der Waals surface area (Å²) in [5.41, 5.74) is 0.948. The first-order chi connectivity index (χ1) is 9.88. The number of rotatable bonds is 3. The molecule has 1 aliphatic carbocycles. The zero-order valence-electron chi connectivity index (χ0n) is 11.0. The van der Waals surface area contributed by atoms with Crippen LogP contribution in [0.2, 0.25) is 0 Å². The van der Waals surface area contributed by atoms with Gasteiger partial charge >= 0.3 is 0 Å². The molecule has 1 heterocycles. The van der Waals surface area contributed by atoms with Gasteiger partial charge in [-0.15, -0.1) is 5.10 Å². The molecule has 1 aromatic heterocycles. The van der Waals surface area contributed by atoms with Gasteiger partial charge in [-0.25, -0.2) is 0 Å². The van der Waals surface area contributed by atoms with Crippen LogP contribution in [-0.4, -0.2) is 25.5 Å². The van der Waals surface area contributed by atoms with Gasteiger partial charge in [0.05, 0.1) is 17.7 Å². The van der Waals surface area contributed by atoms with Gasteiger partial charge in [-0.1, -0.05) is 42.8 Å². The molecular weight excluding hydrogens is 270 g/mol. The molecule has 102 valence electrons. The monoisotopic (exact) mass is 285 g/mol. The number of para-hydroxylation sites is 1. The van der Waals surface area contributed by atoms with Gasteiger partial charge in [0.2, 0.25) is 5.16 Å². The quantitative estimate of drug-likeness (QED) is 0.867. The average molecular weight is 285 g/mol. The van der Waals surface area contributed by atoms with E-state index in [2.05, 4.69) is 21.6 Å². The molecule has 1 fully saturated rings. The third-order valence-electron chi connectivity index (χ3n) is 3.57. The van der Waals surface area contributed by atoms with Gasteiger partial charge in [-0.3, -0.25) is 0 Å². The third kappa shape index (κ3) is 2.68. The maximum atomic E-state index is 9.25. The summed E-state index contributed by atoms with van der Waals surface area (Å²) < 4.78 is 1.74. The number of nitriles is 1.